The number of ether oxygens (including phenoxy) is 7. The molecule has 2 saturated heterocycles. The van der Waals surface area contributed by atoms with Crippen molar-refractivity contribution in [3.8, 4) is 11.5 Å². The third-order valence-electron chi connectivity index (χ3n) is 10.6. The molecular weight excluding hydrogens is 840 g/mol. The Morgan fingerprint density at radius 3 is 1.47 bits per heavy atom. The van der Waals surface area contributed by atoms with Crippen LogP contribution in [0, 0.1) is 11.8 Å². The molecule has 0 aliphatic carbocycles. The van der Waals surface area contributed by atoms with Gasteiger partial charge in [0, 0.05) is 52.9 Å². The van der Waals surface area contributed by atoms with Crippen LogP contribution in [0.3, 0.4) is 0 Å². The SMILES string of the molecule is CCOC(=O)CC[C@H]1O[C@@H]2SC(N(C)C)=N[C@@H]2[C@@H](OCc2ccc(OC)cc2)[C@@H]1C.COc1ccc(CO[C@H]2[C@H](C)[C@@H](CCC(=O)O)O[C@@H]3SC(N(C)C)=N[C@H]23)cc1.[K+].[OH-]. The van der Waals surface area contributed by atoms with Crippen molar-refractivity contribution in [3.05, 3.63) is 59.7 Å². The third kappa shape index (κ3) is 14.3. The van der Waals surface area contributed by atoms with Gasteiger partial charge in [-0.05, 0) is 55.2 Å². The molecule has 6 rings (SSSR count). The first-order valence-electron chi connectivity index (χ1n) is 19.8. The number of aliphatic imine (C=N–C) groups is 2. The van der Waals surface area contributed by atoms with E-state index in [9.17, 15) is 9.59 Å². The number of methoxy groups -OCH3 is 2. The molecule has 0 saturated carbocycles. The molecule has 2 aromatic carbocycles. The Labute approximate surface area is 405 Å². The van der Waals surface area contributed by atoms with Gasteiger partial charge in [-0.2, -0.15) is 0 Å². The summed E-state index contributed by atoms with van der Waals surface area (Å²) in [4.78, 5) is 36.6. The zero-order valence-corrected chi connectivity index (χ0v) is 41.3. The van der Waals surface area contributed by atoms with Gasteiger partial charge >= 0.3 is 63.3 Å². The van der Waals surface area contributed by atoms with Crippen LogP contribution in [0.15, 0.2) is 58.5 Å². The Bertz CT molecular complexity index is 1710. The summed E-state index contributed by atoms with van der Waals surface area (Å²) in [7, 11) is 11.2. The summed E-state index contributed by atoms with van der Waals surface area (Å²) in [6, 6.07) is 15.5. The summed E-state index contributed by atoms with van der Waals surface area (Å²) < 4.78 is 40.8. The number of amidine groups is 2. The Hall–Kier alpha value is -1.94. The van der Waals surface area contributed by atoms with Crippen molar-refractivity contribution in [2.75, 3.05) is 49.0 Å². The Balaban J connectivity index is 0.000000311. The molecule has 0 amide bonds. The minimum Gasteiger partial charge on any atom is -0.870 e. The number of thioether (sulfide) groups is 2. The molecule has 2 aromatic rings. The van der Waals surface area contributed by atoms with E-state index in [-0.39, 0.29) is 128 Å². The summed E-state index contributed by atoms with van der Waals surface area (Å²) in [6.07, 6.45) is 1.04. The number of hydrogen-bond donors (Lipinski definition) is 1. The molecule has 4 aliphatic rings. The van der Waals surface area contributed by atoms with Crippen LogP contribution in [-0.4, -0.2) is 139 Å². The third-order valence-corrected chi connectivity index (χ3v) is 13.2. The summed E-state index contributed by atoms with van der Waals surface area (Å²) in [6.45, 7) is 7.36. The van der Waals surface area contributed by atoms with Crippen LogP contribution in [0.5, 0.6) is 11.5 Å². The zero-order chi connectivity index (χ0) is 41.9. The molecule has 10 atom stereocenters. The average Bonchev–Trinajstić information content (AvgIpc) is 3.85. The molecule has 328 valence electrons. The topological polar surface area (TPSA) is 180 Å². The first-order valence-corrected chi connectivity index (χ1v) is 21.6. The monoisotopic (exact) mass is 900 g/mol. The van der Waals surface area contributed by atoms with Gasteiger partial charge in [0.25, 0.3) is 0 Å². The molecule has 15 nitrogen and oxygen atoms in total. The van der Waals surface area contributed by atoms with E-state index in [1.165, 1.54) is 0 Å². The van der Waals surface area contributed by atoms with Crippen LogP contribution in [0.4, 0.5) is 0 Å². The second-order valence-electron chi connectivity index (χ2n) is 15.2. The molecule has 18 heteroatoms. The number of carboxylic acids is 1. The number of hydrogen-bond acceptors (Lipinski definition) is 16. The second kappa shape index (κ2) is 25.4. The summed E-state index contributed by atoms with van der Waals surface area (Å²) >= 11 is 3.21. The molecule has 0 aromatic heterocycles. The van der Waals surface area contributed by atoms with E-state index in [4.69, 9.17) is 48.2 Å². The standard InChI is InChI=1S/C22H32N2O5S.C20H28N2O5S.K.H2O/c1-6-27-18(25)12-11-17-14(2)20(19-21(29-17)30-22(23-19)24(3)4)28-13-15-7-9-16(26-5)10-8-15;1-12-15(9-10-16(23)24)27-19-17(21-20(28-19)22(2)3)18(12)26-11-13-5-7-14(25-4)8-6-13;;/h7-10,14,17,19-21H,6,11-13H2,1-5H3;5-8,12,15,17-19H,9-11H2,1-4H3,(H,23,24);;1H2/q;;+1;/p-1/t14-,17-,19-,20+,21-;12-,15-,17-,18+,19-;;/m11../s1. The van der Waals surface area contributed by atoms with E-state index in [1.807, 2.05) is 93.4 Å². The molecule has 0 spiro atoms. The zero-order valence-electron chi connectivity index (χ0n) is 36.5. The van der Waals surface area contributed by atoms with Crippen LogP contribution >= 0.6 is 23.5 Å². The normalized spacial score (nSPS) is 27.6. The van der Waals surface area contributed by atoms with E-state index in [0.29, 0.717) is 39.1 Å². The first-order chi connectivity index (χ1) is 27.8. The van der Waals surface area contributed by atoms with Gasteiger partial charge in [0.1, 0.15) is 34.5 Å². The van der Waals surface area contributed by atoms with Gasteiger partial charge in [0.2, 0.25) is 0 Å². The number of carboxylic acid groups (broad SMARTS) is 1. The van der Waals surface area contributed by atoms with Gasteiger partial charge in [-0.25, -0.2) is 0 Å². The maximum atomic E-state index is 11.9. The van der Waals surface area contributed by atoms with Gasteiger partial charge in [0.15, 0.2) is 10.3 Å². The Morgan fingerprint density at radius 1 is 0.717 bits per heavy atom. The number of esters is 1. The number of carbonyl (C=O) groups is 2. The van der Waals surface area contributed by atoms with E-state index < -0.39 is 5.97 Å². The Kier molecular flexibility index (Phi) is 22.2. The number of rotatable bonds is 15. The minimum atomic E-state index is -0.807. The predicted octanol–water partition coefficient (Wildman–Crippen LogP) is 2.98. The smallest absolute Gasteiger partial charge is 0.870 e. The molecule has 2 fully saturated rings. The summed E-state index contributed by atoms with van der Waals surface area (Å²) in [5.41, 5.74) is 1.89. The van der Waals surface area contributed by atoms with Crippen LogP contribution in [-0.2, 0) is 46.5 Å². The number of nitrogens with zero attached hydrogens (tertiary/aromatic N) is 4. The van der Waals surface area contributed by atoms with Crippen molar-refractivity contribution in [2.24, 2.45) is 21.8 Å². The maximum Gasteiger partial charge on any atom is 1.00 e. The second-order valence-corrected chi connectivity index (χ2v) is 17.3. The molecule has 60 heavy (non-hydrogen) atoms. The average molecular weight is 901 g/mol. The minimum absolute atomic E-state index is 0. The van der Waals surface area contributed by atoms with E-state index in [1.54, 1.807) is 37.7 Å². The van der Waals surface area contributed by atoms with Crippen molar-refractivity contribution in [1.29, 1.82) is 0 Å². The van der Waals surface area contributed by atoms with Crippen molar-refractivity contribution < 1.29 is 105 Å². The molecule has 4 heterocycles. The fourth-order valence-corrected chi connectivity index (χ4v) is 9.60. The summed E-state index contributed by atoms with van der Waals surface area (Å²) in [5.74, 6) is 0.789. The van der Waals surface area contributed by atoms with Gasteiger partial charge in [0.05, 0.1) is 58.5 Å². The first kappa shape index (κ1) is 52.4. The van der Waals surface area contributed by atoms with E-state index >= 15 is 0 Å². The molecule has 0 bridgehead atoms. The summed E-state index contributed by atoms with van der Waals surface area (Å²) in [5, 5.41) is 10.9. The van der Waals surface area contributed by atoms with E-state index in [2.05, 4.69) is 13.8 Å². The molecule has 2 N–H and O–H groups in total. The number of carbonyl (C=O) groups excluding carboxylic acids is 1. The van der Waals surface area contributed by atoms with Crippen molar-refractivity contribution in [3.63, 3.8) is 0 Å². The largest absolute Gasteiger partial charge is 1.00 e. The van der Waals surface area contributed by atoms with Crippen LogP contribution in [0.25, 0.3) is 0 Å². The van der Waals surface area contributed by atoms with Crippen LogP contribution in [0.2, 0.25) is 0 Å². The molecule has 0 radical (unpaired) electrons. The van der Waals surface area contributed by atoms with Gasteiger partial charge in [-0.3, -0.25) is 19.6 Å². The van der Waals surface area contributed by atoms with Crippen LogP contribution < -0.4 is 60.9 Å². The fourth-order valence-electron chi connectivity index (χ4n) is 7.29. The van der Waals surface area contributed by atoms with E-state index in [0.717, 1.165) is 33.0 Å². The molecule has 0 unspecified atom stereocenters. The molecular formula is C42H61KN4O11S2. The predicted molar refractivity (Wildman–Crippen MR) is 228 cm³/mol. The molecule has 4 aliphatic heterocycles. The van der Waals surface area contributed by atoms with Gasteiger partial charge in [-0.1, -0.05) is 61.6 Å². The van der Waals surface area contributed by atoms with Gasteiger partial charge < -0.3 is 53.5 Å². The number of benzene rings is 2. The van der Waals surface area contributed by atoms with Crippen molar-refractivity contribution >= 4 is 45.8 Å². The maximum absolute atomic E-state index is 11.9. The Morgan fingerprint density at radius 2 is 1.12 bits per heavy atom. The van der Waals surface area contributed by atoms with Crippen molar-refractivity contribution in [2.45, 2.75) is 107 Å². The van der Waals surface area contributed by atoms with Gasteiger partial charge in [-0.15, -0.1) is 0 Å². The number of fused-ring (bicyclic) bond motifs is 2. The fraction of sp³-hybridized carbons (Fsp3) is 0.619. The number of aliphatic carboxylic acids is 1. The quantitative estimate of drug-likeness (QED) is 0.204. The van der Waals surface area contributed by atoms with Crippen molar-refractivity contribution in [1.82, 2.24) is 9.80 Å². The van der Waals surface area contributed by atoms with Crippen LogP contribution in [0.1, 0.15) is 57.6 Å².